The van der Waals surface area contributed by atoms with Crippen LogP contribution in [0, 0.1) is 17.0 Å². The number of non-ortho nitro benzene ring substituents is 1. The summed E-state index contributed by atoms with van der Waals surface area (Å²) in [6, 6.07) is 13.2. The first-order valence-corrected chi connectivity index (χ1v) is 8.32. The second-order valence-corrected chi connectivity index (χ2v) is 6.11. The molecule has 0 aliphatic rings. The monoisotopic (exact) mass is 357 g/mol. The highest BCUT2D eigenvalue weighted by Gasteiger charge is 2.18. The largest absolute Gasteiger partial charge is 0.492 e. The Labute approximate surface area is 152 Å². The number of benzene rings is 2. The number of aryl methyl sites for hydroxylation is 1. The zero-order chi connectivity index (χ0) is 19.1. The lowest BCUT2D eigenvalue weighted by molar-refractivity contribution is -0.384. The summed E-state index contributed by atoms with van der Waals surface area (Å²) in [5, 5.41) is 13.4. The molecule has 0 bridgehead atoms. The summed E-state index contributed by atoms with van der Waals surface area (Å²) in [6.45, 7) is 4.87. The lowest BCUT2D eigenvalue weighted by Crippen LogP contribution is -2.41. The quantitative estimate of drug-likeness (QED) is 0.579. The van der Waals surface area contributed by atoms with Crippen molar-refractivity contribution in [1.82, 2.24) is 4.90 Å². The Balaban J connectivity index is 1.80. The van der Waals surface area contributed by atoms with Crippen molar-refractivity contribution < 1.29 is 14.5 Å². The van der Waals surface area contributed by atoms with Crippen LogP contribution >= 0.6 is 0 Å². The van der Waals surface area contributed by atoms with E-state index >= 15 is 0 Å². The zero-order valence-corrected chi connectivity index (χ0v) is 15.1. The maximum absolute atomic E-state index is 12.3. The highest BCUT2D eigenvalue weighted by molar-refractivity contribution is 5.94. The first-order chi connectivity index (χ1) is 12.4. The van der Waals surface area contributed by atoms with E-state index in [2.05, 4.69) is 5.32 Å². The lowest BCUT2D eigenvalue weighted by atomic mass is 10.2. The molecule has 138 valence electrons. The summed E-state index contributed by atoms with van der Waals surface area (Å²) in [5.74, 6) is 0.615. The number of hydrogen-bond donors (Lipinski definition) is 1. The van der Waals surface area contributed by atoms with Crippen LogP contribution in [-0.4, -0.2) is 42.0 Å². The molecule has 0 radical (unpaired) electrons. The fraction of sp³-hybridized carbons (Fsp3) is 0.316. The maximum Gasteiger partial charge on any atom is 0.269 e. The predicted octanol–water partition coefficient (Wildman–Crippen LogP) is 3.24. The van der Waals surface area contributed by atoms with E-state index < -0.39 is 4.92 Å². The van der Waals surface area contributed by atoms with Crippen LogP contribution in [0.25, 0.3) is 0 Å². The molecule has 0 spiro atoms. The van der Waals surface area contributed by atoms with Gasteiger partial charge in [-0.05, 0) is 45.2 Å². The molecule has 0 aliphatic carbocycles. The van der Waals surface area contributed by atoms with Gasteiger partial charge in [0.1, 0.15) is 12.4 Å². The zero-order valence-electron chi connectivity index (χ0n) is 15.1. The fourth-order valence-corrected chi connectivity index (χ4v) is 2.25. The Morgan fingerprint density at radius 2 is 1.81 bits per heavy atom. The Kier molecular flexibility index (Phi) is 6.68. The van der Waals surface area contributed by atoms with Crippen LogP contribution in [0.15, 0.2) is 48.5 Å². The van der Waals surface area contributed by atoms with Crippen LogP contribution in [-0.2, 0) is 4.79 Å². The molecule has 1 atom stereocenters. The summed E-state index contributed by atoms with van der Waals surface area (Å²) in [4.78, 5) is 24.4. The highest BCUT2D eigenvalue weighted by atomic mass is 16.6. The minimum Gasteiger partial charge on any atom is -0.492 e. The minimum absolute atomic E-state index is 0.0126. The third-order valence-corrected chi connectivity index (χ3v) is 4.12. The number of ether oxygens (including phenoxy) is 1. The van der Waals surface area contributed by atoms with Crippen molar-refractivity contribution in [2.24, 2.45) is 0 Å². The first-order valence-electron chi connectivity index (χ1n) is 8.32. The standard InChI is InChI=1S/C19H23N3O4/c1-14-4-10-18(11-5-14)26-13-12-21(3)15(2)19(23)20-16-6-8-17(9-7-16)22(24)25/h4-11,15H,12-13H2,1-3H3,(H,20,23)/t15-/m1/s1. The van der Waals surface area contributed by atoms with Crippen molar-refractivity contribution in [2.45, 2.75) is 19.9 Å². The van der Waals surface area contributed by atoms with Crippen molar-refractivity contribution in [3.63, 3.8) is 0 Å². The molecule has 0 aromatic heterocycles. The molecule has 2 rings (SSSR count). The molecule has 1 N–H and O–H groups in total. The summed E-state index contributed by atoms with van der Waals surface area (Å²) in [6.07, 6.45) is 0. The van der Waals surface area contributed by atoms with E-state index in [4.69, 9.17) is 4.74 Å². The Bertz CT molecular complexity index is 744. The number of carbonyl (C=O) groups excluding carboxylic acids is 1. The number of amides is 1. The van der Waals surface area contributed by atoms with Gasteiger partial charge in [0, 0.05) is 24.4 Å². The first kappa shape index (κ1) is 19.4. The minimum atomic E-state index is -0.476. The Hall–Kier alpha value is -2.93. The van der Waals surface area contributed by atoms with Gasteiger partial charge in [0.2, 0.25) is 5.91 Å². The summed E-state index contributed by atoms with van der Waals surface area (Å²) < 4.78 is 5.68. The van der Waals surface area contributed by atoms with Crippen molar-refractivity contribution in [2.75, 3.05) is 25.5 Å². The van der Waals surface area contributed by atoms with Gasteiger partial charge < -0.3 is 10.1 Å². The van der Waals surface area contributed by atoms with Crippen LogP contribution in [0.2, 0.25) is 0 Å². The molecular formula is C19H23N3O4. The summed E-state index contributed by atoms with van der Waals surface area (Å²) >= 11 is 0. The number of carbonyl (C=O) groups is 1. The van der Waals surface area contributed by atoms with E-state index in [9.17, 15) is 14.9 Å². The second-order valence-electron chi connectivity index (χ2n) is 6.11. The normalized spacial score (nSPS) is 11.8. The maximum atomic E-state index is 12.3. The number of anilines is 1. The third kappa shape index (κ3) is 5.56. The molecule has 2 aromatic carbocycles. The van der Waals surface area contributed by atoms with Gasteiger partial charge in [-0.15, -0.1) is 0 Å². The van der Waals surface area contributed by atoms with Gasteiger partial charge in [-0.25, -0.2) is 0 Å². The van der Waals surface area contributed by atoms with Crippen molar-refractivity contribution in [1.29, 1.82) is 0 Å². The topological polar surface area (TPSA) is 84.7 Å². The van der Waals surface area contributed by atoms with E-state index in [-0.39, 0.29) is 17.6 Å². The molecule has 0 heterocycles. The molecule has 26 heavy (non-hydrogen) atoms. The molecule has 0 saturated carbocycles. The average Bonchev–Trinajstić information content (AvgIpc) is 2.63. The number of nitro groups is 1. The number of nitro benzene ring substituents is 1. The third-order valence-electron chi connectivity index (χ3n) is 4.12. The number of rotatable bonds is 8. The van der Waals surface area contributed by atoms with E-state index in [1.807, 2.05) is 43.1 Å². The number of nitrogens with zero attached hydrogens (tertiary/aromatic N) is 2. The summed E-state index contributed by atoms with van der Waals surface area (Å²) in [7, 11) is 1.85. The fourth-order valence-electron chi connectivity index (χ4n) is 2.25. The molecule has 0 unspecified atom stereocenters. The van der Waals surface area contributed by atoms with Gasteiger partial charge in [-0.3, -0.25) is 19.8 Å². The summed E-state index contributed by atoms with van der Waals surface area (Å²) in [5.41, 5.74) is 1.68. The van der Waals surface area contributed by atoms with Crippen LogP contribution in [0.1, 0.15) is 12.5 Å². The van der Waals surface area contributed by atoms with Gasteiger partial charge in [0.15, 0.2) is 0 Å². The van der Waals surface area contributed by atoms with Gasteiger partial charge in [-0.2, -0.15) is 0 Å². The van der Waals surface area contributed by atoms with Crippen LogP contribution in [0.4, 0.5) is 11.4 Å². The average molecular weight is 357 g/mol. The van der Waals surface area contributed by atoms with Gasteiger partial charge >= 0.3 is 0 Å². The predicted molar refractivity (Wildman–Crippen MR) is 100 cm³/mol. The van der Waals surface area contributed by atoms with Crippen molar-refractivity contribution >= 4 is 17.3 Å². The van der Waals surface area contributed by atoms with Gasteiger partial charge in [0.25, 0.3) is 5.69 Å². The SMILES string of the molecule is Cc1ccc(OCCN(C)[C@H](C)C(=O)Nc2ccc([N+](=O)[O-])cc2)cc1. The van der Waals surface area contributed by atoms with Crippen molar-refractivity contribution in [3.8, 4) is 5.75 Å². The van der Waals surface area contributed by atoms with E-state index in [0.717, 1.165) is 5.75 Å². The van der Waals surface area contributed by atoms with Crippen molar-refractivity contribution in [3.05, 3.63) is 64.2 Å². The Morgan fingerprint density at radius 3 is 2.38 bits per heavy atom. The molecule has 0 fully saturated rings. The van der Waals surface area contributed by atoms with Crippen LogP contribution < -0.4 is 10.1 Å². The van der Waals surface area contributed by atoms with Gasteiger partial charge in [-0.1, -0.05) is 17.7 Å². The molecule has 2 aromatic rings. The number of hydrogen-bond acceptors (Lipinski definition) is 5. The molecule has 0 aliphatic heterocycles. The van der Waals surface area contributed by atoms with E-state index in [0.29, 0.717) is 18.8 Å². The van der Waals surface area contributed by atoms with Crippen LogP contribution in [0.5, 0.6) is 5.75 Å². The molecule has 7 nitrogen and oxygen atoms in total. The van der Waals surface area contributed by atoms with E-state index in [1.165, 1.54) is 29.8 Å². The smallest absolute Gasteiger partial charge is 0.269 e. The molecule has 1 amide bonds. The Morgan fingerprint density at radius 1 is 1.19 bits per heavy atom. The number of nitrogens with one attached hydrogen (secondary N) is 1. The van der Waals surface area contributed by atoms with E-state index in [1.54, 1.807) is 6.92 Å². The molecule has 0 saturated heterocycles. The van der Waals surface area contributed by atoms with Gasteiger partial charge in [0.05, 0.1) is 11.0 Å². The molecular weight excluding hydrogens is 334 g/mol. The number of likely N-dealkylation sites (N-methyl/N-ethyl adjacent to an activating group) is 1. The highest BCUT2D eigenvalue weighted by Crippen LogP contribution is 2.16. The van der Waals surface area contributed by atoms with Crippen LogP contribution in [0.3, 0.4) is 0 Å². The molecule has 7 heteroatoms. The lowest BCUT2D eigenvalue weighted by Gasteiger charge is -2.23. The second kappa shape index (κ2) is 8.96.